The van der Waals surface area contributed by atoms with E-state index in [4.69, 9.17) is 40.5 Å². The Morgan fingerprint density at radius 2 is 0.955 bits per heavy atom. The summed E-state index contributed by atoms with van der Waals surface area (Å²) in [6.45, 7) is 21.5. The minimum Gasteiger partial charge on any atom is -0.465 e. The van der Waals surface area contributed by atoms with Crippen LogP contribution in [0.5, 0.6) is 6.01 Å². The first kappa shape index (κ1) is 77.5. The number of nitrogens with zero attached hydrogens (tertiary/aromatic N) is 12. The number of esters is 3. The highest BCUT2D eigenvalue weighted by atomic mass is 35.5. The molecule has 6 heterocycles. The van der Waals surface area contributed by atoms with Crippen molar-refractivity contribution in [1.82, 2.24) is 69.0 Å². The van der Waals surface area contributed by atoms with Crippen LogP contribution >= 0.6 is 11.6 Å². The second kappa shape index (κ2) is 35.4. The fourth-order valence-electron chi connectivity index (χ4n) is 13.9. The summed E-state index contributed by atoms with van der Waals surface area (Å²) in [5, 5.41) is 21.9. The van der Waals surface area contributed by atoms with Crippen LogP contribution in [-0.2, 0) is 53.7 Å². The number of imidazole rings is 4. The fourth-order valence-corrected chi connectivity index (χ4v) is 14.1. The van der Waals surface area contributed by atoms with Gasteiger partial charge in [0.05, 0.1) is 88.1 Å². The lowest BCUT2D eigenvalue weighted by Gasteiger charge is -2.14. The van der Waals surface area contributed by atoms with Crippen LogP contribution in [0, 0.1) is 6.92 Å². The highest BCUT2D eigenvalue weighted by Gasteiger charge is 2.27. The Hall–Kier alpha value is -12.6. The van der Waals surface area contributed by atoms with Gasteiger partial charge in [-0.25, -0.2) is 29.3 Å². The Balaban J connectivity index is 0.000000148. The Kier molecular flexibility index (Phi) is 24.5. The molecule has 0 atom stereocenters. The molecule has 0 fully saturated rings. The SMILES string of the molecule is CCCCc1nc(Cl)c(C(=O)OC(C)C)n1Cc1ccc(-c2ccccc2-c2cn[nH]n2)cc1.CCCc1nc2c(C)cc(-c3nc4ccccc4n3C)cc2n1Cc1ccc(-c2ccccc2C(=O)OC(C)C)cc1.CCOc1nc2cccc(C(=O)OC(C)C)c2n1Cc1ccc(-c2ccccc2-c2cn[nH]n2)cc1. The summed E-state index contributed by atoms with van der Waals surface area (Å²) in [6.07, 6.45) is 7.45. The van der Waals surface area contributed by atoms with Gasteiger partial charge in [-0.3, -0.25) is 4.57 Å². The number of rotatable bonds is 25. The third-order valence-electron chi connectivity index (χ3n) is 19.0. The average molecular weight is 1520 g/mol. The second-order valence-corrected chi connectivity index (χ2v) is 28.6. The van der Waals surface area contributed by atoms with Crippen molar-refractivity contribution in [3.63, 3.8) is 0 Å². The van der Waals surface area contributed by atoms with Gasteiger partial charge < -0.3 is 32.6 Å². The number of H-pyrrole nitrogens is 2. The van der Waals surface area contributed by atoms with Gasteiger partial charge in [0, 0.05) is 49.7 Å². The van der Waals surface area contributed by atoms with Gasteiger partial charge in [0.1, 0.15) is 28.9 Å². The summed E-state index contributed by atoms with van der Waals surface area (Å²) < 4.78 is 30.6. The number of para-hydroxylation sites is 3. The highest BCUT2D eigenvalue weighted by Crippen LogP contribution is 2.37. The van der Waals surface area contributed by atoms with Crippen molar-refractivity contribution in [1.29, 1.82) is 0 Å². The van der Waals surface area contributed by atoms with E-state index in [-0.39, 0.29) is 35.4 Å². The van der Waals surface area contributed by atoms with Gasteiger partial charge in [0.25, 0.3) is 6.01 Å². The van der Waals surface area contributed by atoms with Crippen molar-refractivity contribution in [3.05, 3.63) is 268 Å². The molecule has 0 aliphatic heterocycles. The molecular weight excluding hydrogens is 1420 g/mol. The average Bonchev–Trinajstić information content (AvgIpc) is 1.60. The molecule has 0 spiro atoms. The summed E-state index contributed by atoms with van der Waals surface area (Å²) in [6, 6.07) is 67.5. The van der Waals surface area contributed by atoms with Crippen LogP contribution in [0.4, 0.5) is 0 Å². The number of aromatic amines is 2. The number of aryl methyl sites for hydroxylation is 4. The van der Waals surface area contributed by atoms with E-state index in [1.807, 2.05) is 136 Å². The third-order valence-corrected chi connectivity index (χ3v) is 19.3. The van der Waals surface area contributed by atoms with E-state index < -0.39 is 5.97 Å². The van der Waals surface area contributed by atoms with Crippen LogP contribution in [0.2, 0.25) is 5.15 Å². The number of aromatic nitrogens is 14. The number of hydrogen-bond acceptors (Lipinski definition) is 15. The molecule has 0 bridgehead atoms. The number of carbonyl (C=O) groups is 3. The zero-order chi connectivity index (χ0) is 78.5. The number of ether oxygens (including phenoxy) is 4. The van der Waals surface area contributed by atoms with Crippen molar-refractivity contribution in [3.8, 4) is 73.3 Å². The third kappa shape index (κ3) is 17.5. The van der Waals surface area contributed by atoms with Crippen molar-refractivity contribution in [2.45, 2.75) is 139 Å². The van der Waals surface area contributed by atoms with Gasteiger partial charge in [0.15, 0.2) is 10.8 Å². The number of fused-ring (bicyclic) bond motifs is 3. The number of halogens is 1. The maximum Gasteiger partial charge on any atom is 0.358 e. The largest absolute Gasteiger partial charge is 0.465 e. The number of hydrogen-bond donors (Lipinski definition) is 2. The van der Waals surface area contributed by atoms with E-state index in [2.05, 4.69) is 193 Å². The molecule has 22 heteroatoms. The lowest BCUT2D eigenvalue weighted by atomic mass is 9.97. The molecule has 9 aromatic carbocycles. The molecule has 570 valence electrons. The molecule has 0 aliphatic carbocycles. The molecular formula is C90H91ClN14O7. The molecule has 15 rings (SSSR count). The molecule has 0 unspecified atom stereocenters. The Labute approximate surface area is 656 Å². The van der Waals surface area contributed by atoms with E-state index >= 15 is 0 Å². The first-order valence-electron chi connectivity index (χ1n) is 38.0. The van der Waals surface area contributed by atoms with Crippen molar-refractivity contribution >= 4 is 62.6 Å². The van der Waals surface area contributed by atoms with Crippen LogP contribution in [0.3, 0.4) is 0 Å². The van der Waals surface area contributed by atoms with Gasteiger partial charge in [-0.1, -0.05) is 190 Å². The van der Waals surface area contributed by atoms with Gasteiger partial charge in [0.2, 0.25) is 0 Å². The minimum absolute atomic E-state index is 0.170. The maximum atomic E-state index is 12.9. The van der Waals surface area contributed by atoms with E-state index in [0.717, 1.165) is 150 Å². The monoisotopic (exact) mass is 1510 g/mol. The van der Waals surface area contributed by atoms with Crippen molar-refractivity contribution in [2.24, 2.45) is 7.05 Å². The Morgan fingerprint density at radius 1 is 0.464 bits per heavy atom. The van der Waals surface area contributed by atoms with Gasteiger partial charge >= 0.3 is 17.9 Å². The molecule has 21 nitrogen and oxygen atoms in total. The molecule has 0 aliphatic rings. The molecule has 2 N–H and O–H groups in total. The standard InChI is InChI=1S/C36H36N4O2.C28H27N5O3.C26H28ClN5O2/c1-6-11-33-38-34-24(4)20-27(35-37-30-14-9-10-15-31(30)39(35)5)21-32(34)40(33)22-25-16-18-26(19-17-25)28-12-7-8-13-29(28)36(41)42-23(2)3;1-4-35-28-30-24-11-7-10-23(27(34)36-18(2)3)26(24)33(28)17-19-12-14-20(15-13-19)21-8-5-6-9-22(21)25-16-29-32-31-25;1-4-5-10-23-29-25(27)24(26(33)34-17(2)3)32(23)16-18-11-13-19(14-12-18)20-8-6-7-9-21(20)22-15-28-31-30-22/h7-10,12-21,23H,6,11,22H2,1-5H3;5-16,18H,4,17H2,1-3H3,(H,29,31,32);6-9,11-15,17H,4-5,10,16H2,1-3H3,(H,28,30,31). The van der Waals surface area contributed by atoms with E-state index in [9.17, 15) is 14.4 Å². The normalized spacial score (nSPS) is 11.3. The van der Waals surface area contributed by atoms with Crippen molar-refractivity contribution < 1.29 is 33.3 Å². The number of benzene rings is 9. The molecule has 0 saturated heterocycles. The summed E-state index contributed by atoms with van der Waals surface area (Å²) in [5.74, 6) is 1.70. The first-order valence-corrected chi connectivity index (χ1v) is 38.4. The minimum atomic E-state index is -0.451. The van der Waals surface area contributed by atoms with E-state index in [1.54, 1.807) is 18.5 Å². The fraction of sp³-hybridized carbons (Fsp3) is 0.256. The quantitative estimate of drug-likeness (QED) is 0.0399. The molecule has 0 saturated carbocycles. The topological polar surface area (TPSA) is 243 Å². The predicted molar refractivity (Wildman–Crippen MR) is 440 cm³/mol. The van der Waals surface area contributed by atoms with Gasteiger partial charge in [-0.15, -0.1) is 0 Å². The zero-order valence-electron chi connectivity index (χ0n) is 64.9. The zero-order valence-corrected chi connectivity index (χ0v) is 65.7. The Bertz CT molecular complexity index is 5760. The summed E-state index contributed by atoms with van der Waals surface area (Å²) >= 11 is 6.40. The molecule has 6 aromatic heterocycles. The lowest BCUT2D eigenvalue weighted by molar-refractivity contribution is 0.0358. The number of unbranched alkanes of at least 4 members (excludes halogenated alkanes) is 1. The van der Waals surface area contributed by atoms with Crippen LogP contribution < -0.4 is 4.74 Å². The highest BCUT2D eigenvalue weighted by molar-refractivity contribution is 6.32. The molecule has 0 amide bonds. The predicted octanol–water partition coefficient (Wildman–Crippen LogP) is 19.6. The van der Waals surface area contributed by atoms with E-state index in [1.165, 1.54) is 5.56 Å². The molecule has 112 heavy (non-hydrogen) atoms. The van der Waals surface area contributed by atoms with Gasteiger partial charge in [-0.2, -0.15) is 35.8 Å². The maximum absolute atomic E-state index is 12.9. The Morgan fingerprint density at radius 3 is 1.50 bits per heavy atom. The second-order valence-electron chi connectivity index (χ2n) is 28.3. The molecule has 0 radical (unpaired) electrons. The molecule has 15 aromatic rings. The van der Waals surface area contributed by atoms with E-state index in [0.29, 0.717) is 60.1 Å². The van der Waals surface area contributed by atoms with Crippen LogP contribution in [-0.4, -0.2) is 112 Å². The number of carbonyl (C=O) groups excluding carboxylic acids is 3. The van der Waals surface area contributed by atoms with Crippen molar-refractivity contribution in [2.75, 3.05) is 6.61 Å². The van der Waals surface area contributed by atoms with Gasteiger partial charge in [-0.05, 0) is 166 Å². The first-order chi connectivity index (χ1) is 54.4. The summed E-state index contributed by atoms with van der Waals surface area (Å²) in [7, 11) is 2.08. The van der Waals surface area contributed by atoms with Crippen LogP contribution in [0.15, 0.2) is 213 Å². The summed E-state index contributed by atoms with van der Waals surface area (Å²) in [4.78, 5) is 57.6. The summed E-state index contributed by atoms with van der Waals surface area (Å²) in [5.41, 5.74) is 22.2. The number of nitrogens with one attached hydrogen (secondary N) is 2. The lowest BCUT2D eigenvalue weighted by Crippen LogP contribution is -2.18. The van der Waals surface area contributed by atoms with Crippen LogP contribution in [0.25, 0.3) is 100 Å². The van der Waals surface area contributed by atoms with Crippen LogP contribution in [0.1, 0.15) is 147 Å². The smallest absolute Gasteiger partial charge is 0.358 e.